The Balaban J connectivity index is 2.35. The van der Waals surface area contributed by atoms with Gasteiger partial charge in [-0.05, 0) is 24.6 Å². The summed E-state index contributed by atoms with van der Waals surface area (Å²) in [6.45, 7) is 3.00. The van der Waals surface area contributed by atoms with Crippen molar-refractivity contribution in [1.29, 1.82) is 0 Å². The molecule has 0 aliphatic carbocycles. The van der Waals surface area contributed by atoms with Gasteiger partial charge in [-0.3, -0.25) is 4.79 Å². The van der Waals surface area contributed by atoms with Crippen LogP contribution in [0.15, 0.2) is 33.5 Å². The lowest BCUT2D eigenvalue weighted by atomic mass is 10.1. The summed E-state index contributed by atoms with van der Waals surface area (Å²) in [6, 6.07) is 7.07. The monoisotopic (exact) mass is 274 g/mol. The number of hydrogen-bond acceptors (Lipinski definition) is 4. The van der Waals surface area contributed by atoms with Crippen molar-refractivity contribution < 1.29 is 9.21 Å². The molecule has 1 aromatic carbocycles. The molecule has 20 heavy (non-hydrogen) atoms. The van der Waals surface area contributed by atoms with Crippen LogP contribution in [0, 0.1) is 0 Å². The van der Waals surface area contributed by atoms with Gasteiger partial charge in [0.1, 0.15) is 11.1 Å². The van der Waals surface area contributed by atoms with E-state index >= 15 is 0 Å². The summed E-state index contributed by atoms with van der Waals surface area (Å²) in [5.41, 5.74) is 0.778. The van der Waals surface area contributed by atoms with E-state index in [2.05, 4.69) is 17.6 Å². The molecule has 106 valence electrons. The van der Waals surface area contributed by atoms with Crippen molar-refractivity contribution in [3.63, 3.8) is 0 Å². The Morgan fingerprint density at radius 1 is 1.30 bits per heavy atom. The van der Waals surface area contributed by atoms with Gasteiger partial charge in [0, 0.05) is 30.7 Å². The summed E-state index contributed by atoms with van der Waals surface area (Å²) in [4.78, 5) is 23.3. The van der Waals surface area contributed by atoms with E-state index in [9.17, 15) is 9.59 Å². The van der Waals surface area contributed by atoms with E-state index < -0.39 is 11.5 Å². The zero-order valence-corrected chi connectivity index (χ0v) is 11.7. The molecule has 0 saturated heterocycles. The van der Waals surface area contributed by atoms with Crippen molar-refractivity contribution in [3.8, 4) is 0 Å². The minimum Gasteiger partial charge on any atom is -0.422 e. The first-order valence-corrected chi connectivity index (χ1v) is 6.69. The van der Waals surface area contributed by atoms with E-state index in [0.717, 1.165) is 30.5 Å². The van der Waals surface area contributed by atoms with Crippen molar-refractivity contribution in [2.45, 2.75) is 19.8 Å². The van der Waals surface area contributed by atoms with Crippen molar-refractivity contribution in [1.82, 2.24) is 5.32 Å². The highest BCUT2D eigenvalue weighted by atomic mass is 16.4. The van der Waals surface area contributed by atoms with Crippen molar-refractivity contribution in [3.05, 3.63) is 40.2 Å². The third-order valence-electron chi connectivity index (χ3n) is 3.07. The quantitative estimate of drug-likeness (QED) is 0.648. The number of carbonyl (C=O) groups is 1. The highest BCUT2D eigenvalue weighted by Gasteiger charge is 2.12. The number of fused-ring (bicyclic) bond motifs is 1. The van der Waals surface area contributed by atoms with Crippen molar-refractivity contribution in [2.75, 3.05) is 18.9 Å². The molecule has 0 fully saturated rings. The first-order chi connectivity index (χ1) is 9.65. The van der Waals surface area contributed by atoms with Crippen LogP contribution in [0.3, 0.4) is 0 Å². The summed E-state index contributed by atoms with van der Waals surface area (Å²) >= 11 is 0. The number of benzene rings is 1. The second-order valence-corrected chi connectivity index (χ2v) is 4.56. The first kappa shape index (κ1) is 14.1. The Kier molecular flexibility index (Phi) is 4.40. The maximum absolute atomic E-state index is 11.8. The molecule has 1 aromatic heterocycles. The number of unbranched alkanes of at least 4 members (excludes halogenated alkanes) is 1. The zero-order valence-electron chi connectivity index (χ0n) is 11.7. The van der Waals surface area contributed by atoms with Crippen LogP contribution in [0.4, 0.5) is 5.69 Å². The molecule has 0 aliphatic rings. The molecule has 2 rings (SSSR count). The summed E-state index contributed by atoms with van der Waals surface area (Å²) < 4.78 is 5.21. The van der Waals surface area contributed by atoms with E-state index in [-0.39, 0.29) is 5.56 Å². The van der Waals surface area contributed by atoms with Crippen molar-refractivity contribution in [2.24, 2.45) is 0 Å². The number of carbonyl (C=O) groups excluding carboxylic acids is 1. The molecule has 0 aliphatic heterocycles. The summed E-state index contributed by atoms with van der Waals surface area (Å²) in [5.74, 6) is -0.439. The van der Waals surface area contributed by atoms with Crippen LogP contribution in [0.2, 0.25) is 0 Å². The van der Waals surface area contributed by atoms with E-state index in [1.54, 1.807) is 12.1 Å². The molecule has 0 saturated carbocycles. The molecule has 1 amide bonds. The van der Waals surface area contributed by atoms with Gasteiger partial charge in [0.2, 0.25) is 0 Å². The smallest absolute Gasteiger partial charge is 0.349 e. The van der Waals surface area contributed by atoms with E-state index in [1.807, 2.05) is 12.1 Å². The minimum absolute atomic E-state index is 0.0201. The van der Waals surface area contributed by atoms with Gasteiger partial charge in [0.15, 0.2) is 0 Å². The number of rotatable bonds is 5. The van der Waals surface area contributed by atoms with Gasteiger partial charge in [0.25, 0.3) is 5.91 Å². The van der Waals surface area contributed by atoms with Gasteiger partial charge in [-0.1, -0.05) is 13.3 Å². The third kappa shape index (κ3) is 2.99. The minimum atomic E-state index is -0.623. The van der Waals surface area contributed by atoms with Gasteiger partial charge < -0.3 is 15.1 Å². The van der Waals surface area contributed by atoms with Crippen LogP contribution in [0.1, 0.15) is 30.1 Å². The Morgan fingerprint density at radius 2 is 2.10 bits per heavy atom. The van der Waals surface area contributed by atoms with Crippen LogP contribution < -0.4 is 16.3 Å². The number of hydrogen-bond donors (Lipinski definition) is 2. The lowest BCUT2D eigenvalue weighted by Crippen LogP contribution is -2.24. The third-order valence-corrected chi connectivity index (χ3v) is 3.07. The fourth-order valence-electron chi connectivity index (χ4n) is 1.92. The maximum atomic E-state index is 11.8. The van der Waals surface area contributed by atoms with E-state index in [1.165, 1.54) is 7.05 Å². The van der Waals surface area contributed by atoms with Crippen LogP contribution in [-0.4, -0.2) is 19.5 Å². The predicted octanol–water partition coefficient (Wildman–Crippen LogP) is 2.36. The van der Waals surface area contributed by atoms with Crippen molar-refractivity contribution >= 4 is 22.6 Å². The van der Waals surface area contributed by atoms with E-state index in [0.29, 0.717) is 5.58 Å². The topological polar surface area (TPSA) is 71.3 Å². The molecule has 0 spiro atoms. The van der Waals surface area contributed by atoms with Gasteiger partial charge in [-0.2, -0.15) is 0 Å². The first-order valence-electron chi connectivity index (χ1n) is 6.69. The summed E-state index contributed by atoms with van der Waals surface area (Å²) in [6.07, 6.45) is 2.20. The molecule has 5 heteroatoms. The second-order valence-electron chi connectivity index (χ2n) is 4.56. The number of anilines is 1. The van der Waals surface area contributed by atoms with Gasteiger partial charge in [0.05, 0.1) is 0 Å². The fourth-order valence-corrected chi connectivity index (χ4v) is 1.92. The molecular weight excluding hydrogens is 256 g/mol. The predicted molar refractivity (Wildman–Crippen MR) is 79.3 cm³/mol. The average molecular weight is 274 g/mol. The molecule has 0 bridgehead atoms. The fraction of sp³-hybridized carbons (Fsp3) is 0.333. The van der Waals surface area contributed by atoms with E-state index in [4.69, 9.17) is 4.42 Å². The lowest BCUT2D eigenvalue weighted by Gasteiger charge is -2.06. The van der Waals surface area contributed by atoms with Gasteiger partial charge in [-0.25, -0.2) is 4.79 Å². The highest BCUT2D eigenvalue weighted by Crippen LogP contribution is 2.19. The summed E-state index contributed by atoms with van der Waals surface area (Å²) in [5, 5.41) is 6.41. The van der Waals surface area contributed by atoms with Crippen LogP contribution >= 0.6 is 0 Å². The zero-order chi connectivity index (χ0) is 14.5. The lowest BCUT2D eigenvalue weighted by molar-refractivity contribution is 0.0959. The standard InChI is InChI=1S/C15H18N2O3/c1-3-4-7-17-11-6-5-10-8-12(14(18)16-2)15(19)20-13(10)9-11/h5-6,8-9,17H,3-4,7H2,1-2H3,(H,16,18). The molecule has 2 N–H and O–H groups in total. The Bertz CT molecular complexity index is 676. The molecule has 2 aromatic rings. The summed E-state index contributed by atoms with van der Waals surface area (Å²) in [7, 11) is 1.48. The SMILES string of the molecule is CCCCNc1ccc2cc(C(=O)NC)c(=O)oc2c1. The molecule has 0 unspecified atom stereocenters. The maximum Gasteiger partial charge on any atom is 0.349 e. The normalized spacial score (nSPS) is 10.5. The largest absolute Gasteiger partial charge is 0.422 e. The molecule has 0 atom stereocenters. The van der Waals surface area contributed by atoms with Gasteiger partial charge in [-0.15, -0.1) is 0 Å². The van der Waals surface area contributed by atoms with Crippen LogP contribution in [0.5, 0.6) is 0 Å². The average Bonchev–Trinajstić information content (AvgIpc) is 2.46. The molecule has 5 nitrogen and oxygen atoms in total. The van der Waals surface area contributed by atoms with Gasteiger partial charge >= 0.3 is 5.63 Å². The second kappa shape index (κ2) is 6.23. The number of nitrogens with one attached hydrogen (secondary N) is 2. The molecule has 1 heterocycles. The number of amides is 1. The molecular formula is C15H18N2O3. The van der Waals surface area contributed by atoms with Crippen LogP contribution in [-0.2, 0) is 0 Å². The Hall–Kier alpha value is -2.30. The van der Waals surface area contributed by atoms with Crippen LogP contribution in [0.25, 0.3) is 11.0 Å². The Labute approximate surface area is 117 Å². The molecule has 0 radical (unpaired) electrons. The highest BCUT2D eigenvalue weighted by molar-refractivity contribution is 5.96. The Morgan fingerprint density at radius 3 is 2.80 bits per heavy atom.